The van der Waals surface area contributed by atoms with Gasteiger partial charge in [-0.3, -0.25) is 4.90 Å². The molecule has 119 heavy (non-hydrogen) atoms. The summed E-state index contributed by atoms with van der Waals surface area (Å²) in [5, 5.41) is 0. The molecule has 1 saturated heterocycles. The SMILES string of the molecule is CC(C)O[C@H]1CC[C@H](c2cccc(C(F)(F)F)c2)C[C@@H]1N1CCOCC1.CCc1cccc([C@H]2CC[C@H](OC(C)C)[C@@H](N(C)C)C2)c1.Cc1cc([C@H]2CC[C@H](OC(C)C)[C@@H](N(C)C)C2)cc(C(F)(F)F)c1.Cc1ccc(C(F)(F)F)cc1[C@H]1CC[C@H](OC(C)C)[C@@H](N(C)C)C1.Cc1ccc([C@H]2CC[C@H](OC(C)C)[C@@H](N(C)C)C2)cc1C(F)(F)F. The van der Waals surface area contributed by atoms with Crippen molar-refractivity contribution in [1.82, 2.24) is 24.5 Å². The Bertz CT molecular complexity index is 3820. The second-order valence-electron chi connectivity index (χ2n) is 36.5. The molecule has 1 aliphatic heterocycles. The third-order valence-corrected chi connectivity index (χ3v) is 24.7. The minimum Gasteiger partial charge on any atom is -0.379 e. The molecule has 15 atom stereocenters. The summed E-state index contributed by atoms with van der Waals surface area (Å²) in [6.45, 7) is 31.0. The number of alkyl halides is 12. The molecule has 6 fully saturated rings. The van der Waals surface area contributed by atoms with E-state index in [0.29, 0.717) is 42.9 Å². The molecule has 0 spiro atoms. The maximum atomic E-state index is 13.2. The molecule has 0 N–H and O–H groups in total. The summed E-state index contributed by atoms with van der Waals surface area (Å²) in [5.41, 5.74) is 5.92. The van der Waals surface area contributed by atoms with Gasteiger partial charge in [0.1, 0.15) is 0 Å². The zero-order valence-corrected chi connectivity index (χ0v) is 75.2. The molecule has 5 aromatic rings. The Labute approximate surface area is 705 Å². The molecular weight excluding hydrogens is 1550 g/mol. The second kappa shape index (κ2) is 45.6. The van der Waals surface area contributed by atoms with E-state index in [1.807, 2.05) is 123 Å². The Morgan fingerprint density at radius 1 is 0.361 bits per heavy atom. The Hall–Kier alpha value is -5.18. The average Bonchev–Trinajstić information content (AvgIpc) is 0.811. The van der Waals surface area contributed by atoms with E-state index in [1.54, 1.807) is 19.1 Å². The van der Waals surface area contributed by atoms with Crippen molar-refractivity contribution in [3.8, 4) is 0 Å². The molecule has 1 heterocycles. The first-order chi connectivity index (χ1) is 55.6. The quantitative estimate of drug-likeness (QED) is 0.0660. The molecule has 6 aliphatic rings. The number of morpholine rings is 1. The summed E-state index contributed by atoms with van der Waals surface area (Å²) in [7, 11) is 16.5. The number of aryl methyl sites for hydroxylation is 4. The number of hydrogen-bond donors (Lipinski definition) is 0. The van der Waals surface area contributed by atoms with Crippen molar-refractivity contribution in [3.63, 3.8) is 0 Å². The van der Waals surface area contributed by atoms with E-state index in [0.717, 1.165) is 130 Å². The van der Waals surface area contributed by atoms with Gasteiger partial charge in [-0.1, -0.05) is 79.2 Å². The highest BCUT2D eigenvalue weighted by Crippen LogP contribution is 2.46. The number of rotatable bonds is 21. The highest BCUT2D eigenvalue weighted by Gasteiger charge is 2.43. The number of nitrogens with zero attached hydrogens (tertiary/aromatic N) is 5. The summed E-state index contributed by atoms with van der Waals surface area (Å²) < 4.78 is 193. The van der Waals surface area contributed by atoms with E-state index < -0.39 is 47.0 Å². The summed E-state index contributed by atoms with van der Waals surface area (Å²) >= 11 is 0. The van der Waals surface area contributed by atoms with Gasteiger partial charge in [-0.15, -0.1) is 0 Å². The maximum Gasteiger partial charge on any atom is 0.416 e. The Morgan fingerprint density at radius 3 is 1.14 bits per heavy atom. The summed E-state index contributed by atoms with van der Waals surface area (Å²) in [6, 6.07) is 29.8. The fraction of sp³-hybridized carbons (Fsp3) is 0.688. The summed E-state index contributed by atoms with van der Waals surface area (Å²) in [4.78, 5) is 11.2. The monoisotopic (exact) mass is 1690 g/mol. The molecule has 11 rings (SSSR count). The molecule has 0 bridgehead atoms. The van der Waals surface area contributed by atoms with Crippen molar-refractivity contribution < 1.29 is 81.1 Å². The predicted octanol–water partition coefficient (Wildman–Crippen LogP) is 23.7. The van der Waals surface area contributed by atoms with E-state index in [4.69, 9.17) is 28.4 Å². The van der Waals surface area contributed by atoms with Gasteiger partial charge in [0, 0.05) is 43.3 Å². The topological polar surface area (TPSA) is 71.6 Å². The van der Waals surface area contributed by atoms with Crippen LogP contribution in [0.15, 0.2) is 103 Å². The van der Waals surface area contributed by atoms with E-state index >= 15 is 0 Å². The van der Waals surface area contributed by atoms with Gasteiger partial charge in [0.05, 0.1) is 96.5 Å². The number of halogens is 12. The lowest BCUT2D eigenvalue weighted by molar-refractivity contribution is -0.138. The smallest absolute Gasteiger partial charge is 0.379 e. The van der Waals surface area contributed by atoms with Gasteiger partial charge >= 0.3 is 24.7 Å². The van der Waals surface area contributed by atoms with Crippen molar-refractivity contribution in [2.75, 3.05) is 82.7 Å². The van der Waals surface area contributed by atoms with E-state index in [2.05, 4.69) is 83.6 Å². The molecule has 5 saturated carbocycles. The zero-order chi connectivity index (χ0) is 88.3. The van der Waals surface area contributed by atoms with Gasteiger partial charge in [0.2, 0.25) is 0 Å². The van der Waals surface area contributed by atoms with Crippen LogP contribution in [0.5, 0.6) is 0 Å². The fourth-order valence-electron chi connectivity index (χ4n) is 18.8. The number of hydrogen-bond acceptors (Lipinski definition) is 11. The van der Waals surface area contributed by atoms with Crippen LogP contribution in [0.25, 0.3) is 0 Å². The Balaban J connectivity index is 0.000000205. The van der Waals surface area contributed by atoms with Crippen molar-refractivity contribution in [2.45, 2.75) is 345 Å². The van der Waals surface area contributed by atoms with Crippen molar-refractivity contribution in [1.29, 1.82) is 0 Å². The molecule has 0 unspecified atom stereocenters. The molecule has 0 radical (unpaired) electrons. The zero-order valence-electron chi connectivity index (χ0n) is 75.2. The van der Waals surface area contributed by atoms with Crippen LogP contribution in [0, 0.1) is 20.8 Å². The average molecular weight is 1690 g/mol. The normalized spacial score (nSPS) is 26.3. The highest BCUT2D eigenvalue weighted by atomic mass is 19.4. The number of likely N-dealkylation sites (N-methyl/N-ethyl adjacent to an activating group) is 4. The second-order valence-corrected chi connectivity index (χ2v) is 36.5. The molecule has 5 aliphatic carbocycles. The lowest BCUT2D eigenvalue weighted by Crippen LogP contribution is -2.52. The molecular formula is C96H143F12N5O6. The van der Waals surface area contributed by atoms with Gasteiger partial charge in [0.15, 0.2) is 0 Å². The van der Waals surface area contributed by atoms with Crippen LogP contribution >= 0.6 is 0 Å². The largest absolute Gasteiger partial charge is 0.416 e. The van der Waals surface area contributed by atoms with Crippen LogP contribution in [0.3, 0.4) is 0 Å². The van der Waals surface area contributed by atoms with Crippen LogP contribution in [0.1, 0.15) is 274 Å². The van der Waals surface area contributed by atoms with Gasteiger partial charge < -0.3 is 48.0 Å². The van der Waals surface area contributed by atoms with E-state index in [1.165, 1.54) is 79.8 Å². The van der Waals surface area contributed by atoms with E-state index in [-0.39, 0.29) is 102 Å². The van der Waals surface area contributed by atoms with Crippen LogP contribution in [-0.2, 0) is 59.5 Å². The minimum absolute atomic E-state index is 0.134. The first kappa shape index (κ1) is 101. The van der Waals surface area contributed by atoms with Crippen molar-refractivity contribution in [2.24, 2.45) is 0 Å². The fourth-order valence-corrected chi connectivity index (χ4v) is 18.8. The first-order valence-electron chi connectivity index (χ1n) is 43.7. The molecule has 23 heteroatoms. The Morgan fingerprint density at radius 2 is 0.723 bits per heavy atom. The summed E-state index contributed by atoms with van der Waals surface area (Å²) in [5.74, 6) is 1.25. The van der Waals surface area contributed by atoms with Crippen LogP contribution < -0.4 is 0 Å². The van der Waals surface area contributed by atoms with Crippen LogP contribution in [0.4, 0.5) is 52.7 Å². The highest BCUT2D eigenvalue weighted by molar-refractivity contribution is 5.38. The molecule has 11 nitrogen and oxygen atoms in total. The van der Waals surface area contributed by atoms with Crippen molar-refractivity contribution >= 4 is 0 Å². The van der Waals surface area contributed by atoms with Crippen LogP contribution in [0.2, 0.25) is 0 Å². The van der Waals surface area contributed by atoms with Gasteiger partial charge in [0.25, 0.3) is 0 Å². The molecule has 5 aromatic carbocycles. The van der Waals surface area contributed by atoms with Gasteiger partial charge in [-0.05, 0) is 360 Å². The predicted molar refractivity (Wildman–Crippen MR) is 455 cm³/mol. The molecule has 0 aromatic heterocycles. The third kappa shape index (κ3) is 30.9. The standard InChI is InChI=1S/C20H28F3NO2.3C19H28F3NO.C19H31NO/c1-14(2)26-19-7-6-16(13-18(19)24-8-10-25-11-9-24)15-4-3-5-17(12-15)20(21,22)23;1-12(2)24-18-9-7-14(10-17(18)23(4)5)16-11-15(19(20,21)22)8-6-13(16)3;1-12(2)24-18-7-6-14(11-17(18)23(4)5)15-8-13(3)9-16(10-15)19(20,21)22;1-12(2)24-18-9-8-15(11-17(18)23(4)5)14-7-6-13(3)16(10-14)19(20,21)22;1-6-15-8-7-9-16(12-15)17-10-11-19(21-14(2)3)18(13-17)20(4)5/h3-5,12,14,16,18-19H,6-11,13H2,1-2H3;6,8,11-12,14,17-18H,7,9-10H2,1-5H3;8-10,12,14,17-18H,6-7,11H2,1-5H3;6-7,10,12,15,17-18H,8-9,11H2,1-5H3;7-9,12,14,17-19H,6,10-11,13H2,1-5H3/t16-,18-,19-;2*14-,17-,18-;15-,17-,18-;17-,18-,19-/m00000/s1. The third-order valence-electron chi connectivity index (χ3n) is 24.7. The minimum atomic E-state index is -4.29. The first-order valence-corrected chi connectivity index (χ1v) is 43.7. The lowest BCUT2D eigenvalue weighted by Gasteiger charge is -2.44. The maximum absolute atomic E-state index is 13.2. The van der Waals surface area contributed by atoms with Crippen molar-refractivity contribution in [3.05, 3.63) is 175 Å². The summed E-state index contributed by atoms with van der Waals surface area (Å²) in [6.07, 6.45) is -0.289. The lowest BCUT2D eigenvalue weighted by atomic mass is 9.77. The van der Waals surface area contributed by atoms with E-state index in [9.17, 15) is 52.7 Å². The molecule has 0 amide bonds. The Kier molecular flexibility index (Phi) is 38.7. The van der Waals surface area contributed by atoms with Crippen LogP contribution in [-0.4, -0.2) is 198 Å². The number of benzene rings is 5. The van der Waals surface area contributed by atoms with Gasteiger partial charge in [-0.2, -0.15) is 52.7 Å². The van der Waals surface area contributed by atoms with Gasteiger partial charge in [-0.25, -0.2) is 0 Å². The molecule has 672 valence electrons. The number of ether oxygens (including phenoxy) is 6.